The molecule has 0 aromatic carbocycles. The monoisotopic (exact) mass is 333 g/mol. The average molecular weight is 332 g/mol. The van der Waals surface area contributed by atoms with E-state index >= 15 is 0 Å². The Kier molecular flexibility index (Phi) is 9.77. The molecule has 3 heteroatoms. The van der Waals surface area contributed by atoms with E-state index in [0.717, 1.165) is 4.44 Å². The molecular formula is C12H23NSSn. The molecule has 0 radical (unpaired) electrons. The molecule has 0 aromatic rings. The van der Waals surface area contributed by atoms with Crippen molar-refractivity contribution in [2.45, 2.75) is 52.8 Å². The van der Waals surface area contributed by atoms with Crippen molar-refractivity contribution in [2.75, 3.05) is 0 Å². The molecule has 0 amide bonds. The maximum atomic E-state index is 4.82. The van der Waals surface area contributed by atoms with Crippen LogP contribution in [0, 0.1) is 0 Å². The van der Waals surface area contributed by atoms with Crippen LogP contribution in [0.5, 0.6) is 0 Å². The molecule has 0 unspecified atom stereocenters. The number of nitrogens with zero attached hydrogens (tertiary/aromatic N) is 1. The SMILES string of the molecule is C=C[CH2][Sn]([CH2]CCC)([CH2]CCC)[N]=C=S. The van der Waals surface area contributed by atoms with Crippen LogP contribution in [0.2, 0.25) is 13.3 Å². The van der Waals surface area contributed by atoms with Gasteiger partial charge in [0.1, 0.15) is 0 Å². The third kappa shape index (κ3) is 6.49. The molecule has 0 fully saturated rings. The predicted molar refractivity (Wildman–Crippen MR) is 75.2 cm³/mol. The van der Waals surface area contributed by atoms with Crippen molar-refractivity contribution >= 4 is 36.0 Å². The number of hydrogen-bond donors (Lipinski definition) is 0. The Morgan fingerprint density at radius 2 is 1.80 bits per heavy atom. The summed E-state index contributed by atoms with van der Waals surface area (Å²) in [5.41, 5.74) is 0. The summed E-state index contributed by atoms with van der Waals surface area (Å²) in [5, 5.41) is 2.67. The second-order valence-corrected chi connectivity index (χ2v) is 16.0. The Balaban J connectivity index is 4.54. The van der Waals surface area contributed by atoms with Gasteiger partial charge < -0.3 is 0 Å². The number of unbranched alkanes of at least 4 members (excludes halogenated alkanes) is 2. The van der Waals surface area contributed by atoms with E-state index in [2.05, 4.69) is 34.9 Å². The van der Waals surface area contributed by atoms with Crippen LogP contribution < -0.4 is 0 Å². The second-order valence-electron chi connectivity index (χ2n) is 4.13. The van der Waals surface area contributed by atoms with Gasteiger partial charge in [0.25, 0.3) is 0 Å². The minimum absolute atomic E-state index is 1.14. The fraction of sp³-hybridized carbons (Fsp3) is 0.750. The van der Waals surface area contributed by atoms with Crippen LogP contribution in [-0.2, 0) is 0 Å². The standard InChI is InChI=1S/2C4H9.C3H5.CNS.Sn/c2*1-3-4-2;1-3-2;2-1-3;/h2*1,3-4H2,2H3;3H,1-2H2;;/q;;;-1;+1. The molecule has 0 aliphatic carbocycles. The van der Waals surface area contributed by atoms with E-state index in [1.807, 2.05) is 0 Å². The molecule has 0 aliphatic rings. The summed E-state index contributed by atoms with van der Waals surface area (Å²) in [7, 11) is 0. The topological polar surface area (TPSA) is 12.4 Å². The van der Waals surface area contributed by atoms with Gasteiger partial charge in [-0.25, -0.2) is 0 Å². The molecule has 0 aliphatic heterocycles. The zero-order chi connectivity index (χ0) is 11.6. The van der Waals surface area contributed by atoms with Crippen LogP contribution in [0.1, 0.15) is 39.5 Å². The summed E-state index contributed by atoms with van der Waals surface area (Å²) in [6.07, 6.45) is 7.17. The van der Waals surface area contributed by atoms with E-state index in [1.54, 1.807) is 0 Å². The van der Waals surface area contributed by atoms with Gasteiger partial charge >= 0.3 is 105 Å². The Hall–Kier alpha value is 0.339. The first-order valence-corrected chi connectivity index (χ1v) is 13.7. The van der Waals surface area contributed by atoms with Crippen LogP contribution in [0.25, 0.3) is 0 Å². The number of hydrogen-bond acceptors (Lipinski definition) is 2. The number of isothiocyanates is 1. The molecule has 0 saturated carbocycles. The molecule has 0 spiro atoms. The fourth-order valence-corrected chi connectivity index (χ4v) is 13.8. The minimum atomic E-state index is -2.33. The maximum absolute atomic E-state index is 4.82. The van der Waals surface area contributed by atoms with Crippen LogP contribution in [0.15, 0.2) is 15.9 Å². The number of allylic oxidation sites excluding steroid dienone is 1. The zero-order valence-corrected chi connectivity index (χ0v) is 13.8. The van der Waals surface area contributed by atoms with Crippen molar-refractivity contribution in [1.82, 2.24) is 0 Å². The molecule has 0 saturated heterocycles. The Labute approximate surface area is 104 Å². The summed E-state index contributed by atoms with van der Waals surface area (Å²) < 4.78 is 8.40. The molecule has 0 aromatic heterocycles. The van der Waals surface area contributed by atoms with Gasteiger partial charge in [0.05, 0.1) is 0 Å². The number of rotatable bonds is 9. The zero-order valence-electron chi connectivity index (χ0n) is 10.1. The summed E-state index contributed by atoms with van der Waals surface area (Å²) >= 11 is 2.48. The second kappa shape index (κ2) is 9.56. The molecule has 0 bridgehead atoms. The summed E-state index contributed by atoms with van der Waals surface area (Å²) in [5.74, 6) is 0. The van der Waals surface area contributed by atoms with E-state index in [-0.39, 0.29) is 0 Å². The Morgan fingerprint density at radius 1 is 1.27 bits per heavy atom. The van der Waals surface area contributed by atoms with Crippen LogP contribution in [-0.4, -0.2) is 23.8 Å². The van der Waals surface area contributed by atoms with Crippen LogP contribution >= 0.6 is 12.2 Å². The van der Waals surface area contributed by atoms with Gasteiger partial charge in [-0.3, -0.25) is 0 Å². The van der Waals surface area contributed by atoms with Crippen molar-refractivity contribution in [1.29, 1.82) is 0 Å². The molecule has 15 heavy (non-hydrogen) atoms. The van der Waals surface area contributed by atoms with Crippen LogP contribution in [0.4, 0.5) is 0 Å². The summed E-state index contributed by atoms with van der Waals surface area (Å²) in [6.45, 7) is 8.36. The third-order valence-corrected chi connectivity index (χ3v) is 15.3. The van der Waals surface area contributed by atoms with Gasteiger partial charge in [0.2, 0.25) is 0 Å². The Morgan fingerprint density at radius 3 is 2.13 bits per heavy atom. The van der Waals surface area contributed by atoms with Gasteiger partial charge in [-0.05, 0) is 0 Å². The van der Waals surface area contributed by atoms with E-state index in [1.165, 1.54) is 34.6 Å². The molecule has 0 heterocycles. The van der Waals surface area contributed by atoms with Gasteiger partial charge in [-0.2, -0.15) is 0 Å². The van der Waals surface area contributed by atoms with Gasteiger partial charge in [0, 0.05) is 0 Å². The van der Waals surface area contributed by atoms with E-state index in [0.29, 0.717) is 0 Å². The first-order valence-electron chi connectivity index (χ1n) is 5.94. The summed E-state index contributed by atoms with van der Waals surface area (Å²) in [4.78, 5) is 0. The van der Waals surface area contributed by atoms with E-state index < -0.39 is 18.7 Å². The van der Waals surface area contributed by atoms with Crippen molar-refractivity contribution in [3.63, 3.8) is 0 Å². The number of thiocarbonyl (C=S) groups is 1. The fourth-order valence-electron chi connectivity index (χ4n) is 1.86. The quantitative estimate of drug-likeness (QED) is 0.255. The van der Waals surface area contributed by atoms with E-state index in [9.17, 15) is 0 Å². The predicted octanol–water partition coefficient (Wildman–Crippen LogP) is 4.82. The first kappa shape index (κ1) is 15.3. The third-order valence-electron chi connectivity index (χ3n) is 2.80. The average Bonchev–Trinajstić information content (AvgIpc) is 2.24. The normalized spacial score (nSPS) is 10.8. The summed E-state index contributed by atoms with van der Waals surface area (Å²) in [6, 6.07) is 0. The van der Waals surface area contributed by atoms with Gasteiger partial charge in [-0.15, -0.1) is 0 Å². The molecular weight excluding hydrogens is 309 g/mol. The molecule has 1 nitrogen and oxygen atoms in total. The van der Waals surface area contributed by atoms with Crippen LogP contribution in [0.3, 0.4) is 0 Å². The Bertz CT molecular complexity index is 214. The van der Waals surface area contributed by atoms with E-state index in [4.69, 9.17) is 12.2 Å². The van der Waals surface area contributed by atoms with Crippen molar-refractivity contribution in [3.05, 3.63) is 12.7 Å². The molecule has 0 atom stereocenters. The van der Waals surface area contributed by atoms with Gasteiger partial charge in [0.15, 0.2) is 0 Å². The van der Waals surface area contributed by atoms with Gasteiger partial charge in [-0.1, -0.05) is 0 Å². The first-order chi connectivity index (χ1) is 7.24. The molecule has 86 valence electrons. The molecule has 0 rings (SSSR count). The van der Waals surface area contributed by atoms with Crippen molar-refractivity contribution in [3.8, 4) is 0 Å². The molecule has 0 N–H and O–H groups in total. The van der Waals surface area contributed by atoms with Crippen molar-refractivity contribution < 1.29 is 0 Å². The van der Waals surface area contributed by atoms with Crippen molar-refractivity contribution in [2.24, 2.45) is 3.21 Å².